The quantitative estimate of drug-likeness (QED) is 0.636. The average Bonchev–Trinajstić information content (AvgIpc) is 2.70. The summed E-state index contributed by atoms with van der Waals surface area (Å²) in [6.45, 7) is 5.46. The van der Waals surface area contributed by atoms with E-state index in [9.17, 15) is 0 Å². The zero-order valence-electron chi connectivity index (χ0n) is 10.3. The molecule has 0 atom stereocenters. The maximum atomic E-state index is 4.61. The lowest BCUT2D eigenvalue weighted by molar-refractivity contribution is 0.586. The van der Waals surface area contributed by atoms with Crippen LogP contribution in [0.1, 0.15) is 20.3 Å². The minimum absolute atomic E-state index is 0.586. The number of hydrogen-bond acceptors (Lipinski definition) is 4. The first kappa shape index (κ1) is 12.9. The van der Waals surface area contributed by atoms with E-state index in [4.69, 9.17) is 0 Å². The topological polar surface area (TPSA) is 24.9 Å². The van der Waals surface area contributed by atoms with Crippen LogP contribution in [0.3, 0.4) is 0 Å². The highest BCUT2D eigenvalue weighted by Gasteiger charge is 2.03. The largest absolute Gasteiger partial charge is 0.315 e. The molecule has 92 valence electrons. The normalized spacial score (nSPS) is 11.5. The van der Waals surface area contributed by atoms with E-state index < -0.39 is 0 Å². The second kappa shape index (κ2) is 6.38. The lowest BCUT2D eigenvalue weighted by Gasteiger charge is -2.06. The molecule has 0 saturated heterocycles. The maximum absolute atomic E-state index is 4.61. The van der Waals surface area contributed by atoms with E-state index in [1.54, 1.807) is 11.3 Å². The number of thioether (sulfide) groups is 1. The smallest absolute Gasteiger partial charge is 0.151 e. The number of benzene rings is 1. The molecule has 0 aliphatic heterocycles. The summed E-state index contributed by atoms with van der Waals surface area (Å²) in [6.07, 6.45) is 1.19. The third-order valence-corrected chi connectivity index (χ3v) is 4.64. The fourth-order valence-electron chi connectivity index (χ4n) is 1.54. The number of para-hydroxylation sites is 1. The van der Waals surface area contributed by atoms with Crippen molar-refractivity contribution < 1.29 is 0 Å². The molecule has 0 saturated carbocycles. The molecule has 0 aliphatic carbocycles. The molecule has 0 spiro atoms. The summed E-state index contributed by atoms with van der Waals surface area (Å²) in [5.41, 5.74) is 1.13. The molecule has 4 heteroatoms. The highest BCUT2D eigenvalue weighted by atomic mass is 32.2. The Morgan fingerprint density at radius 1 is 1.35 bits per heavy atom. The molecule has 0 fully saturated rings. The predicted molar refractivity (Wildman–Crippen MR) is 78.1 cm³/mol. The Morgan fingerprint density at radius 2 is 2.18 bits per heavy atom. The van der Waals surface area contributed by atoms with Gasteiger partial charge in [-0.2, -0.15) is 0 Å². The standard InChI is InChI=1S/C13H18N2S2/c1-10(2)14-8-5-9-16-13-15-11-6-3-4-7-12(11)17-13/h3-4,6-7,10,14H,5,8-9H2,1-2H3. The lowest BCUT2D eigenvalue weighted by atomic mass is 10.3. The van der Waals surface area contributed by atoms with Crippen LogP contribution in [0.5, 0.6) is 0 Å². The van der Waals surface area contributed by atoms with E-state index in [0.29, 0.717) is 6.04 Å². The number of aromatic nitrogens is 1. The van der Waals surface area contributed by atoms with Crippen LogP contribution in [0, 0.1) is 0 Å². The van der Waals surface area contributed by atoms with Crippen molar-refractivity contribution in [1.82, 2.24) is 10.3 Å². The Hall–Kier alpha value is -0.580. The minimum atomic E-state index is 0.586. The van der Waals surface area contributed by atoms with Gasteiger partial charge in [-0.15, -0.1) is 11.3 Å². The van der Waals surface area contributed by atoms with Crippen molar-refractivity contribution in [2.24, 2.45) is 0 Å². The Balaban J connectivity index is 1.79. The summed E-state index contributed by atoms with van der Waals surface area (Å²) in [4.78, 5) is 4.61. The van der Waals surface area contributed by atoms with E-state index in [0.717, 1.165) is 17.8 Å². The molecule has 1 heterocycles. The van der Waals surface area contributed by atoms with Crippen molar-refractivity contribution in [3.63, 3.8) is 0 Å². The van der Waals surface area contributed by atoms with Gasteiger partial charge in [-0.1, -0.05) is 37.7 Å². The van der Waals surface area contributed by atoms with Crippen LogP contribution >= 0.6 is 23.1 Å². The molecule has 2 nitrogen and oxygen atoms in total. The number of rotatable bonds is 6. The van der Waals surface area contributed by atoms with Gasteiger partial charge in [0.2, 0.25) is 0 Å². The summed E-state index contributed by atoms with van der Waals surface area (Å²) in [6, 6.07) is 8.92. The maximum Gasteiger partial charge on any atom is 0.151 e. The van der Waals surface area contributed by atoms with Gasteiger partial charge in [0.15, 0.2) is 4.34 Å². The van der Waals surface area contributed by atoms with E-state index in [1.807, 2.05) is 17.8 Å². The molecule has 1 N–H and O–H groups in total. The predicted octanol–water partition coefficient (Wildman–Crippen LogP) is 3.78. The highest BCUT2D eigenvalue weighted by molar-refractivity contribution is 8.01. The molecule has 1 aromatic heterocycles. The van der Waals surface area contributed by atoms with Crippen LogP contribution in [0.25, 0.3) is 10.2 Å². The number of hydrogen-bond donors (Lipinski definition) is 1. The SMILES string of the molecule is CC(C)NCCCSc1nc2ccccc2s1. The Kier molecular flexibility index (Phi) is 4.83. The number of nitrogens with one attached hydrogen (secondary N) is 1. The van der Waals surface area contributed by atoms with Gasteiger partial charge in [-0.25, -0.2) is 4.98 Å². The number of fused-ring (bicyclic) bond motifs is 1. The van der Waals surface area contributed by atoms with Gasteiger partial charge in [0.1, 0.15) is 0 Å². The van der Waals surface area contributed by atoms with Gasteiger partial charge in [-0.05, 0) is 25.1 Å². The molecular weight excluding hydrogens is 248 g/mol. The summed E-state index contributed by atoms with van der Waals surface area (Å²) in [7, 11) is 0. The molecule has 2 aromatic rings. The van der Waals surface area contributed by atoms with Crippen LogP contribution in [-0.4, -0.2) is 23.3 Å². The zero-order chi connectivity index (χ0) is 12.1. The molecule has 0 amide bonds. The van der Waals surface area contributed by atoms with Crippen LogP contribution in [0.2, 0.25) is 0 Å². The molecule has 1 aromatic carbocycles. The fourth-order valence-corrected chi connectivity index (χ4v) is 3.61. The van der Waals surface area contributed by atoms with Crippen LogP contribution in [-0.2, 0) is 0 Å². The summed E-state index contributed by atoms with van der Waals surface area (Å²) in [5.74, 6) is 1.14. The Morgan fingerprint density at radius 3 is 2.94 bits per heavy atom. The molecule has 0 bridgehead atoms. The molecular formula is C13H18N2S2. The molecule has 0 radical (unpaired) electrons. The third kappa shape index (κ3) is 3.98. The number of thiazole rings is 1. The average molecular weight is 266 g/mol. The van der Waals surface area contributed by atoms with Crippen molar-refractivity contribution >= 4 is 33.3 Å². The second-order valence-electron chi connectivity index (χ2n) is 4.26. The molecule has 0 aliphatic rings. The van der Waals surface area contributed by atoms with Gasteiger partial charge >= 0.3 is 0 Å². The van der Waals surface area contributed by atoms with Gasteiger partial charge < -0.3 is 5.32 Å². The van der Waals surface area contributed by atoms with Crippen molar-refractivity contribution in [2.45, 2.75) is 30.6 Å². The second-order valence-corrected chi connectivity index (χ2v) is 6.63. The van der Waals surface area contributed by atoms with Crippen molar-refractivity contribution in [2.75, 3.05) is 12.3 Å². The summed E-state index contributed by atoms with van der Waals surface area (Å²) in [5, 5.41) is 3.43. The van der Waals surface area contributed by atoms with Gasteiger partial charge in [0.25, 0.3) is 0 Å². The minimum Gasteiger partial charge on any atom is -0.315 e. The van der Waals surface area contributed by atoms with Gasteiger partial charge in [-0.3, -0.25) is 0 Å². The first-order valence-corrected chi connectivity index (χ1v) is 7.77. The van der Waals surface area contributed by atoms with E-state index in [-0.39, 0.29) is 0 Å². The summed E-state index contributed by atoms with van der Waals surface area (Å²) < 4.78 is 2.48. The van der Waals surface area contributed by atoms with Crippen molar-refractivity contribution in [3.8, 4) is 0 Å². The van der Waals surface area contributed by atoms with Gasteiger partial charge in [0.05, 0.1) is 10.2 Å². The Bertz CT molecular complexity index is 432. The summed E-state index contributed by atoms with van der Waals surface area (Å²) >= 11 is 3.66. The zero-order valence-corrected chi connectivity index (χ0v) is 11.9. The van der Waals surface area contributed by atoms with E-state index in [1.165, 1.54) is 15.5 Å². The fraction of sp³-hybridized carbons (Fsp3) is 0.462. The van der Waals surface area contributed by atoms with Crippen LogP contribution < -0.4 is 5.32 Å². The molecule has 2 rings (SSSR count). The molecule has 17 heavy (non-hydrogen) atoms. The van der Waals surface area contributed by atoms with Crippen LogP contribution in [0.4, 0.5) is 0 Å². The lowest BCUT2D eigenvalue weighted by Crippen LogP contribution is -2.23. The van der Waals surface area contributed by atoms with Crippen LogP contribution in [0.15, 0.2) is 28.6 Å². The number of nitrogens with zero attached hydrogens (tertiary/aromatic N) is 1. The third-order valence-electron chi connectivity index (χ3n) is 2.37. The Labute approximate surface area is 111 Å². The van der Waals surface area contributed by atoms with Crippen molar-refractivity contribution in [1.29, 1.82) is 0 Å². The van der Waals surface area contributed by atoms with Gasteiger partial charge in [0, 0.05) is 11.8 Å². The molecule has 0 unspecified atom stereocenters. The highest BCUT2D eigenvalue weighted by Crippen LogP contribution is 2.29. The van der Waals surface area contributed by atoms with E-state index in [2.05, 4.69) is 42.3 Å². The van der Waals surface area contributed by atoms with Crippen molar-refractivity contribution in [3.05, 3.63) is 24.3 Å². The first-order valence-electron chi connectivity index (χ1n) is 5.97. The van der Waals surface area contributed by atoms with E-state index >= 15 is 0 Å². The first-order chi connectivity index (χ1) is 8.25. The monoisotopic (exact) mass is 266 g/mol.